The SMILES string of the molecule is O=C(NC1(CO)CCC1)C1CCOc2ccccc21. The van der Waals surface area contributed by atoms with Gasteiger partial charge in [-0.3, -0.25) is 4.79 Å². The second-order valence-electron chi connectivity index (χ2n) is 5.51. The summed E-state index contributed by atoms with van der Waals surface area (Å²) in [6, 6.07) is 7.70. The first-order chi connectivity index (χ1) is 9.24. The molecule has 1 aromatic carbocycles. The van der Waals surface area contributed by atoms with Crippen LogP contribution < -0.4 is 10.1 Å². The molecule has 2 aliphatic rings. The van der Waals surface area contributed by atoms with E-state index >= 15 is 0 Å². The second kappa shape index (κ2) is 4.85. The van der Waals surface area contributed by atoms with Crippen molar-refractivity contribution in [3.63, 3.8) is 0 Å². The fourth-order valence-electron chi connectivity index (χ4n) is 2.89. The molecule has 0 aromatic heterocycles. The van der Waals surface area contributed by atoms with Gasteiger partial charge < -0.3 is 15.2 Å². The van der Waals surface area contributed by atoms with Crippen LogP contribution in [-0.4, -0.2) is 29.8 Å². The first-order valence-corrected chi connectivity index (χ1v) is 6.89. The quantitative estimate of drug-likeness (QED) is 0.868. The standard InChI is InChI=1S/C15H19NO3/c17-10-15(7-3-8-15)16-14(18)12-6-9-19-13-5-2-1-4-11(12)13/h1-2,4-5,12,17H,3,6-10H2,(H,16,18). The van der Waals surface area contributed by atoms with Crippen LogP contribution in [0, 0.1) is 0 Å². The Morgan fingerprint density at radius 3 is 2.89 bits per heavy atom. The van der Waals surface area contributed by atoms with Crippen LogP contribution in [0.3, 0.4) is 0 Å². The van der Waals surface area contributed by atoms with E-state index in [1.54, 1.807) is 0 Å². The summed E-state index contributed by atoms with van der Waals surface area (Å²) in [5.74, 6) is 0.666. The topological polar surface area (TPSA) is 58.6 Å². The van der Waals surface area contributed by atoms with Gasteiger partial charge in [0.05, 0.1) is 24.7 Å². The number of aliphatic hydroxyl groups is 1. The minimum atomic E-state index is -0.371. The first-order valence-electron chi connectivity index (χ1n) is 6.89. The van der Waals surface area contributed by atoms with Gasteiger partial charge in [-0.25, -0.2) is 0 Å². The lowest BCUT2D eigenvalue weighted by Gasteiger charge is -2.42. The Morgan fingerprint density at radius 1 is 1.42 bits per heavy atom. The molecule has 0 bridgehead atoms. The third-order valence-corrected chi connectivity index (χ3v) is 4.28. The highest BCUT2D eigenvalue weighted by Crippen LogP contribution is 2.36. The number of amides is 1. The smallest absolute Gasteiger partial charge is 0.228 e. The van der Waals surface area contributed by atoms with Crippen molar-refractivity contribution >= 4 is 5.91 Å². The van der Waals surface area contributed by atoms with Gasteiger partial charge in [-0.1, -0.05) is 18.2 Å². The number of ether oxygens (including phenoxy) is 1. The monoisotopic (exact) mass is 261 g/mol. The molecule has 1 atom stereocenters. The lowest BCUT2D eigenvalue weighted by atomic mass is 9.76. The molecule has 4 nitrogen and oxygen atoms in total. The van der Waals surface area contributed by atoms with Gasteiger partial charge in [0.25, 0.3) is 0 Å². The zero-order valence-corrected chi connectivity index (χ0v) is 10.9. The van der Waals surface area contributed by atoms with Crippen LogP contribution in [0.2, 0.25) is 0 Å². The highest BCUT2D eigenvalue weighted by atomic mass is 16.5. The minimum Gasteiger partial charge on any atom is -0.493 e. The maximum atomic E-state index is 12.5. The highest BCUT2D eigenvalue weighted by molar-refractivity contribution is 5.85. The van der Waals surface area contributed by atoms with Gasteiger partial charge >= 0.3 is 0 Å². The number of fused-ring (bicyclic) bond motifs is 1. The minimum absolute atomic E-state index is 0.0181. The molecule has 0 radical (unpaired) electrons. The Labute approximate surface area is 112 Å². The largest absolute Gasteiger partial charge is 0.493 e. The number of nitrogens with one attached hydrogen (secondary N) is 1. The molecule has 1 unspecified atom stereocenters. The van der Waals surface area contributed by atoms with Crippen molar-refractivity contribution in [2.45, 2.75) is 37.1 Å². The molecule has 3 rings (SSSR count). The van der Waals surface area contributed by atoms with E-state index in [0.29, 0.717) is 13.0 Å². The molecule has 1 saturated carbocycles. The molecule has 1 aliphatic heterocycles. The van der Waals surface area contributed by atoms with Crippen molar-refractivity contribution in [1.82, 2.24) is 5.32 Å². The third kappa shape index (κ3) is 2.21. The van der Waals surface area contributed by atoms with Gasteiger partial charge in [-0.05, 0) is 31.7 Å². The van der Waals surface area contributed by atoms with Crippen LogP contribution in [0.5, 0.6) is 5.75 Å². The van der Waals surface area contributed by atoms with Crippen LogP contribution >= 0.6 is 0 Å². The number of aliphatic hydroxyl groups excluding tert-OH is 1. The molecule has 1 heterocycles. The Bertz CT molecular complexity index is 477. The zero-order chi connectivity index (χ0) is 13.3. The first kappa shape index (κ1) is 12.5. The normalized spacial score (nSPS) is 23.7. The van der Waals surface area contributed by atoms with E-state index in [1.807, 2.05) is 24.3 Å². The van der Waals surface area contributed by atoms with E-state index in [4.69, 9.17) is 4.74 Å². The van der Waals surface area contributed by atoms with Crippen molar-refractivity contribution < 1.29 is 14.6 Å². The predicted molar refractivity (Wildman–Crippen MR) is 71.1 cm³/mol. The van der Waals surface area contributed by atoms with Crippen molar-refractivity contribution in [2.24, 2.45) is 0 Å². The molecule has 4 heteroatoms. The van der Waals surface area contributed by atoms with Gasteiger partial charge in [0.1, 0.15) is 5.75 Å². The molecular weight excluding hydrogens is 242 g/mol. The van der Waals surface area contributed by atoms with Crippen molar-refractivity contribution in [3.05, 3.63) is 29.8 Å². The van der Waals surface area contributed by atoms with Gasteiger partial charge in [0.2, 0.25) is 5.91 Å². The Hall–Kier alpha value is -1.55. The van der Waals surface area contributed by atoms with Crippen molar-refractivity contribution in [1.29, 1.82) is 0 Å². The molecule has 1 aromatic rings. The fraction of sp³-hybridized carbons (Fsp3) is 0.533. The average Bonchev–Trinajstić information content (AvgIpc) is 2.42. The average molecular weight is 261 g/mol. The number of hydrogen-bond donors (Lipinski definition) is 2. The summed E-state index contributed by atoms with van der Waals surface area (Å²) in [5.41, 5.74) is 0.586. The Morgan fingerprint density at radius 2 is 2.21 bits per heavy atom. The summed E-state index contributed by atoms with van der Waals surface area (Å²) in [5, 5.41) is 12.5. The van der Waals surface area contributed by atoms with E-state index in [9.17, 15) is 9.90 Å². The fourth-order valence-corrected chi connectivity index (χ4v) is 2.89. The lowest BCUT2D eigenvalue weighted by molar-refractivity contribution is -0.127. The van der Waals surface area contributed by atoms with Crippen LogP contribution in [0.15, 0.2) is 24.3 Å². The number of carbonyl (C=O) groups is 1. The van der Waals surface area contributed by atoms with E-state index in [-0.39, 0.29) is 24.0 Å². The van der Waals surface area contributed by atoms with Crippen LogP contribution in [0.1, 0.15) is 37.2 Å². The molecule has 1 fully saturated rings. The third-order valence-electron chi connectivity index (χ3n) is 4.28. The predicted octanol–water partition coefficient (Wildman–Crippen LogP) is 1.58. The van der Waals surface area contributed by atoms with E-state index < -0.39 is 0 Å². The maximum Gasteiger partial charge on any atom is 0.228 e. The van der Waals surface area contributed by atoms with Crippen LogP contribution in [0.25, 0.3) is 0 Å². The molecular formula is C15H19NO3. The summed E-state index contributed by atoms with van der Waals surface area (Å²) >= 11 is 0. The molecule has 1 amide bonds. The number of benzene rings is 1. The van der Waals surface area contributed by atoms with Crippen molar-refractivity contribution in [2.75, 3.05) is 13.2 Å². The Balaban J connectivity index is 1.78. The summed E-state index contributed by atoms with van der Waals surface area (Å²) < 4.78 is 5.57. The number of hydrogen-bond acceptors (Lipinski definition) is 3. The Kier molecular flexibility index (Phi) is 3.19. The molecule has 0 spiro atoms. The van der Waals surface area contributed by atoms with E-state index in [2.05, 4.69) is 5.32 Å². The highest BCUT2D eigenvalue weighted by Gasteiger charge is 2.40. The van der Waals surface area contributed by atoms with Gasteiger partial charge in [0, 0.05) is 5.56 Å². The number of carbonyl (C=O) groups excluding carboxylic acids is 1. The van der Waals surface area contributed by atoms with Gasteiger partial charge in [-0.2, -0.15) is 0 Å². The molecule has 2 N–H and O–H groups in total. The lowest BCUT2D eigenvalue weighted by Crippen LogP contribution is -2.57. The molecule has 19 heavy (non-hydrogen) atoms. The number of rotatable bonds is 3. The summed E-state index contributed by atoms with van der Waals surface area (Å²) in [7, 11) is 0. The van der Waals surface area contributed by atoms with Crippen LogP contribution in [-0.2, 0) is 4.79 Å². The van der Waals surface area contributed by atoms with E-state index in [0.717, 1.165) is 30.6 Å². The molecule has 1 aliphatic carbocycles. The second-order valence-corrected chi connectivity index (χ2v) is 5.51. The van der Waals surface area contributed by atoms with Crippen molar-refractivity contribution in [3.8, 4) is 5.75 Å². The summed E-state index contributed by atoms with van der Waals surface area (Å²) in [4.78, 5) is 12.5. The van der Waals surface area contributed by atoms with Crippen LogP contribution in [0.4, 0.5) is 0 Å². The summed E-state index contributed by atoms with van der Waals surface area (Å²) in [6.45, 7) is 0.602. The zero-order valence-electron chi connectivity index (χ0n) is 10.9. The van der Waals surface area contributed by atoms with Gasteiger partial charge in [-0.15, -0.1) is 0 Å². The van der Waals surface area contributed by atoms with Gasteiger partial charge in [0.15, 0.2) is 0 Å². The molecule has 0 saturated heterocycles. The molecule has 102 valence electrons. The summed E-state index contributed by atoms with van der Waals surface area (Å²) in [6.07, 6.45) is 3.52. The van der Waals surface area contributed by atoms with E-state index in [1.165, 1.54) is 0 Å². The maximum absolute atomic E-state index is 12.5. The number of para-hydroxylation sites is 1.